The fourth-order valence-electron chi connectivity index (χ4n) is 1.73. The van der Waals surface area contributed by atoms with E-state index in [1.165, 1.54) is 10.2 Å². The number of hydrogen-bond donors (Lipinski definition) is 0. The van der Waals surface area contributed by atoms with Crippen molar-refractivity contribution in [3.8, 4) is 0 Å². The van der Waals surface area contributed by atoms with Gasteiger partial charge in [-0.05, 0) is 40.0 Å². The van der Waals surface area contributed by atoms with Gasteiger partial charge in [-0.3, -0.25) is 9.78 Å². The Hall–Kier alpha value is -1.69. The minimum atomic E-state index is -0.131. The van der Waals surface area contributed by atoms with E-state index in [9.17, 15) is 4.79 Å². The molecule has 100 valence electrons. The second kappa shape index (κ2) is 5.97. The molecule has 0 aromatic carbocycles. The highest BCUT2D eigenvalue weighted by atomic mass is 79.9. The van der Waals surface area contributed by atoms with Crippen molar-refractivity contribution < 1.29 is 0 Å². The summed E-state index contributed by atoms with van der Waals surface area (Å²) in [5.41, 5.74) is 1.89. The molecule has 0 fully saturated rings. The number of halogens is 1. The molecule has 0 N–H and O–H groups in total. The Bertz CT molecular complexity index is 612. The van der Waals surface area contributed by atoms with Crippen LogP contribution in [0.4, 0.5) is 5.69 Å². The third-order valence-corrected chi connectivity index (χ3v) is 3.70. The van der Waals surface area contributed by atoms with Gasteiger partial charge >= 0.3 is 0 Å². The molecular weight excluding hydrogens is 308 g/mol. The maximum Gasteiger partial charge on any atom is 0.282 e. The largest absolute Gasteiger partial charge is 0.372 e. The van der Waals surface area contributed by atoms with Gasteiger partial charge in [0.1, 0.15) is 4.47 Å². The van der Waals surface area contributed by atoms with E-state index in [0.29, 0.717) is 4.47 Å². The second-order valence-electron chi connectivity index (χ2n) is 4.30. The van der Waals surface area contributed by atoms with Crippen LogP contribution in [-0.2, 0) is 13.5 Å². The highest BCUT2D eigenvalue weighted by molar-refractivity contribution is 9.10. The molecule has 0 radical (unpaired) electrons. The summed E-state index contributed by atoms with van der Waals surface area (Å²) in [6.45, 7) is 0.803. The fraction of sp³-hybridized carbons (Fsp3) is 0.308. The van der Waals surface area contributed by atoms with E-state index < -0.39 is 0 Å². The van der Waals surface area contributed by atoms with Crippen molar-refractivity contribution in [2.24, 2.45) is 7.05 Å². The van der Waals surface area contributed by atoms with E-state index in [1.54, 1.807) is 25.6 Å². The highest BCUT2D eigenvalue weighted by Crippen LogP contribution is 2.20. The first-order valence-electron chi connectivity index (χ1n) is 5.91. The number of aryl methyl sites for hydroxylation is 1. The van der Waals surface area contributed by atoms with E-state index >= 15 is 0 Å². The van der Waals surface area contributed by atoms with Crippen molar-refractivity contribution in [1.29, 1.82) is 0 Å². The third-order valence-electron chi connectivity index (χ3n) is 2.96. The molecule has 2 rings (SSSR count). The van der Waals surface area contributed by atoms with Crippen LogP contribution in [0.3, 0.4) is 0 Å². The monoisotopic (exact) mass is 322 g/mol. The van der Waals surface area contributed by atoms with Gasteiger partial charge in [-0.25, -0.2) is 4.68 Å². The van der Waals surface area contributed by atoms with Gasteiger partial charge in [-0.15, -0.1) is 0 Å². The number of pyridine rings is 1. The zero-order chi connectivity index (χ0) is 13.8. The summed E-state index contributed by atoms with van der Waals surface area (Å²) < 4.78 is 1.85. The first-order valence-corrected chi connectivity index (χ1v) is 6.70. The molecule has 0 aliphatic rings. The summed E-state index contributed by atoms with van der Waals surface area (Å²) >= 11 is 3.33. The van der Waals surface area contributed by atoms with E-state index in [1.807, 2.05) is 24.1 Å². The average Bonchev–Trinajstić information content (AvgIpc) is 2.43. The molecule has 6 heteroatoms. The van der Waals surface area contributed by atoms with Crippen molar-refractivity contribution >= 4 is 21.6 Å². The van der Waals surface area contributed by atoms with Gasteiger partial charge in [-0.2, -0.15) is 5.10 Å². The Labute approximate surface area is 120 Å². The smallest absolute Gasteiger partial charge is 0.282 e. The summed E-state index contributed by atoms with van der Waals surface area (Å²) in [5.74, 6) is 0. The summed E-state index contributed by atoms with van der Waals surface area (Å²) in [6, 6.07) is 3.98. The molecule has 0 amide bonds. The summed E-state index contributed by atoms with van der Waals surface area (Å²) in [5, 5.41) is 4.04. The molecule has 0 aliphatic carbocycles. The Kier molecular flexibility index (Phi) is 4.31. The zero-order valence-corrected chi connectivity index (χ0v) is 12.5. The molecule has 0 atom stereocenters. The summed E-state index contributed by atoms with van der Waals surface area (Å²) in [7, 11) is 3.58. The molecule has 0 unspecified atom stereocenters. The maximum absolute atomic E-state index is 11.8. The van der Waals surface area contributed by atoms with Gasteiger partial charge in [0.2, 0.25) is 0 Å². The Morgan fingerprint density at radius 3 is 2.74 bits per heavy atom. The number of hydrogen-bond acceptors (Lipinski definition) is 4. The first kappa shape index (κ1) is 13.7. The van der Waals surface area contributed by atoms with E-state index in [0.717, 1.165) is 18.7 Å². The molecule has 0 aliphatic heterocycles. The maximum atomic E-state index is 11.8. The number of nitrogens with zero attached hydrogens (tertiary/aromatic N) is 4. The van der Waals surface area contributed by atoms with Crippen LogP contribution in [0, 0.1) is 0 Å². The van der Waals surface area contributed by atoms with Crippen molar-refractivity contribution in [3.05, 3.63) is 51.1 Å². The lowest BCUT2D eigenvalue weighted by Crippen LogP contribution is -2.27. The summed E-state index contributed by atoms with van der Waals surface area (Å²) in [6.07, 6.45) is 6.15. The van der Waals surface area contributed by atoms with Crippen LogP contribution in [0.25, 0.3) is 0 Å². The van der Waals surface area contributed by atoms with Crippen molar-refractivity contribution in [2.75, 3.05) is 18.5 Å². The fourth-order valence-corrected chi connectivity index (χ4v) is 2.40. The van der Waals surface area contributed by atoms with Gasteiger partial charge in [0, 0.05) is 33.0 Å². The van der Waals surface area contributed by atoms with Crippen molar-refractivity contribution in [3.63, 3.8) is 0 Å². The average molecular weight is 323 g/mol. The SMILES string of the molecule is CN(CCc1ccncc1)c1cnn(C)c(=O)c1Br. The van der Waals surface area contributed by atoms with Gasteiger partial charge < -0.3 is 4.90 Å². The number of rotatable bonds is 4. The lowest BCUT2D eigenvalue weighted by Gasteiger charge is -2.20. The van der Waals surface area contributed by atoms with E-state index in [4.69, 9.17) is 0 Å². The molecule has 2 aromatic heterocycles. The molecular formula is C13H15BrN4O. The molecule has 2 heterocycles. The number of aromatic nitrogens is 3. The quantitative estimate of drug-likeness (QED) is 0.858. The van der Waals surface area contributed by atoms with Crippen LogP contribution in [0.2, 0.25) is 0 Å². The van der Waals surface area contributed by atoms with E-state index in [-0.39, 0.29) is 5.56 Å². The minimum absolute atomic E-state index is 0.131. The molecule has 5 nitrogen and oxygen atoms in total. The van der Waals surface area contributed by atoms with Gasteiger partial charge in [0.15, 0.2) is 0 Å². The predicted octanol–water partition coefficient (Wildman–Crippen LogP) is 1.62. The molecule has 0 bridgehead atoms. The lowest BCUT2D eigenvalue weighted by atomic mass is 10.2. The van der Waals surface area contributed by atoms with Gasteiger partial charge in [-0.1, -0.05) is 0 Å². The standard InChI is InChI=1S/C13H15BrN4O/c1-17(8-5-10-3-6-15-7-4-10)11-9-16-18(2)13(19)12(11)14/h3-4,6-7,9H,5,8H2,1-2H3. The van der Waals surface area contributed by atoms with Crippen LogP contribution < -0.4 is 10.5 Å². The van der Waals surface area contributed by atoms with Crippen molar-refractivity contribution in [1.82, 2.24) is 14.8 Å². The minimum Gasteiger partial charge on any atom is -0.372 e. The van der Waals surface area contributed by atoms with Gasteiger partial charge in [0.25, 0.3) is 5.56 Å². The Morgan fingerprint density at radius 1 is 1.37 bits per heavy atom. The lowest BCUT2D eigenvalue weighted by molar-refractivity contribution is 0.697. The Morgan fingerprint density at radius 2 is 2.05 bits per heavy atom. The zero-order valence-electron chi connectivity index (χ0n) is 10.9. The third kappa shape index (κ3) is 3.20. The first-order chi connectivity index (χ1) is 9.09. The molecule has 0 saturated carbocycles. The second-order valence-corrected chi connectivity index (χ2v) is 5.09. The van der Waals surface area contributed by atoms with Crippen LogP contribution in [-0.4, -0.2) is 28.4 Å². The molecule has 19 heavy (non-hydrogen) atoms. The van der Waals surface area contributed by atoms with Crippen LogP contribution in [0.1, 0.15) is 5.56 Å². The van der Waals surface area contributed by atoms with Crippen LogP contribution >= 0.6 is 15.9 Å². The number of anilines is 1. The highest BCUT2D eigenvalue weighted by Gasteiger charge is 2.10. The molecule has 0 saturated heterocycles. The van der Waals surface area contributed by atoms with Gasteiger partial charge in [0.05, 0.1) is 11.9 Å². The number of likely N-dealkylation sites (N-methyl/N-ethyl adjacent to an activating group) is 1. The van der Waals surface area contributed by atoms with Crippen LogP contribution in [0.5, 0.6) is 0 Å². The van der Waals surface area contributed by atoms with Crippen molar-refractivity contribution in [2.45, 2.75) is 6.42 Å². The predicted molar refractivity (Wildman–Crippen MR) is 78.4 cm³/mol. The topological polar surface area (TPSA) is 51.0 Å². The Balaban J connectivity index is 2.11. The molecule has 2 aromatic rings. The van der Waals surface area contributed by atoms with Crippen LogP contribution in [0.15, 0.2) is 40.0 Å². The molecule has 0 spiro atoms. The normalized spacial score (nSPS) is 10.5. The summed E-state index contributed by atoms with van der Waals surface area (Å²) in [4.78, 5) is 17.8. The van der Waals surface area contributed by atoms with E-state index in [2.05, 4.69) is 26.0 Å².